The highest BCUT2D eigenvalue weighted by atomic mass is 79.9. The number of rotatable bonds is 4. The van der Waals surface area contributed by atoms with Crippen LogP contribution in [-0.4, -0.2) is 20.1 Å². The zero-order valence-corrected chi connectivity index (χ0v) is 6.74. The highest BCUT2D eigenvalue weighted by Gasteiger charge is 1.93. The molecule has 0 aliphatic carbocycles. The van der Waals surface area contributed by atoms with Gasteiger partial charge < -0.3 is 8.74 Å². The smallest absolute Gasteiger partial charge is 0.200 e. The van der Waals surface area contributed by atoms with E-state index in [9.17, 15) is 13.6 Å². The fourth-order valence-corrected chi connectivity index (χ4v) is 0.571. The van der Waals surface area contributed by atoms with E-state index in [0.29, 0.717) is 0 Å². The fraction of sp³-hybridized carbons (Fsp3) is 0.667. The Hall–Kier alpha value is 0.220. The van der Waals surface area contributed by atoms with Gasteiger partial charge in [0.25, 0.3) is 0 Å². The summed E-state index contributed by atoms with van der Waals surface area (Å²) in [5.41, 5.74) is 0. The molecule has 0 rings (SSSR count). The molecule has 54 valence electrons. The van der Waals surface area contributed by atoms with Crippen molar-refractivity contribution in [2.24, 2.45) is 0 Å². The Balaban J connectivity index is 3.10. The molecule has 6 heteroatoms. The molecule has 0 fully saturated rings. The van der Waals surface area contributed by atoms with Gasteiger partial charge in [-0.2, -0.15) is 0 Å². The van der Waals surface area contributed by atoms with Gasteiger partial charge in [-0.05, 0) is 15.9 Å². The summed E-state index contributed by atoms with van der Waals surface area (Å²) in [6.45, 7) is -0.0970. The van der Waals surface area contributed by atoms with E-state index in [4.69, 9.17) is 0 Å². The standard InChI is InChI=1S/C3H5BrO4S/c4-3(5)1-2-8-9(6)7/h1-2H2,(H,6,7)/p-1. The van der Waals surface area contributed by atoms with Crippen molar-refractivity contribution < 1.29 is 17.7 Å². The zero-order valence-electron chi connectivity index (χ0n) is 4.33. The molecule has 1 unspecified atom stereocenters. The van der Waals surface area contributed by atoms with Gasteiger partial charge in [0, 0.05) is 6.42 Å². The van der Waals surface area contributed by atoms with Crippen molar-refractivity contribution >= 4 is 32.0 Å². The topological polar surface area (TPSA) is 66.4 Å². The van der Waals surface area contributed by atoms with Gasteiger partial charge in [0.05, 0.1) is 18.0 Å². The number of carbonyl (C=O) groups excluding carboxylic acids is 1. The second-order valence-corrected chi connectivity index (χ2v) is 2.66. The maximum Gasteiger partial charge on any atom is 0.200 e. The molecule has 0 heterocycles. The highest BCUT2D eigenvalue weighted by molar-refractivity contribution is 9.18. The summed E-state index contributed by atoms with van der Waals surface area (Å²) in [7, 11) is 0. The van der Waals surface area contributed by atoms with Crippen LogP contribution >= 0.6 is 15.9 Å². The van der Waals surface area contributed by atoms with Crippen molar-refractivity contribution in [1.82, 2.24) is 0 Å². The van der Waals surface area contributed by atoms with Crippen LogP contribution in [0.15, 0.2) is 0 Å². The first-order valence-corrected chi connectivity index (χ1v) is 3.83. The SMILES string of the molecule is O=C(Br)CCOS(=O)[O-]. The van der Waals surface area contributed by atoms with Gasteiger partial charge in [-0.15, -0.1) is 0 Å². The predicted molar refractivity (Wildman–Crippen MR) is 33.4 cm³/mol. The normalized spacial score (nSPS) is 13.1. The molecule has 0 aromatic rings. The lowest BCUT2D eigenvalue weighted by Crippen LogP contribution is -2.00. The molecule has 0 N–H and O–H groups in total. The minimum atomic E-state index is -2.51. The first kappa shape index (κ1) is 9.22. The predicted octanol–water partition coefficient (Wildman–Crippen LogP) is 0.109. The van der Waals surface area contributed by atoms with Gasteiger partial charge in [-0.3, -0.25) is 4.79 Å². The Bertz CT molecular complexity index is 111. The Kier molecular flexibility index (Phi) is 5.16. The van der Waals surface area contributed by atoms with E-state index in [0.717, 1.165) is 0 Å². The Labute approximate surface area is 63.2 Å². The molecule has 0 saturated carbocycles. The molecule has 0 radical (unpaired) electrons. The summed E-state index contributed by atoms with van der Waals surface area (Å²) in [5.74, 6) is 0. The summed E-state index contributed by atoms with van der Waals surface area (Å²) in [6.07, 6.45) is 0.0635. The third kappa shape index (κ3) is 8.22. The summed E-state index contributed by atoms with van der Waals surface area (Å²) in [5, 5.41) is 0. The van der Waals surface area contributed by atoms with E-state index in [1.165, 1.54) is 0 Å². The fourth-order valence-electron chi connectivity index (χ4n) is 0.190. The van der Waals surface area contributed by atoms with Gasteiger partial charge in [-0.25, -0.2) is 4.21 Å². The lowest BCUT2D eigenvalue weighted by molar-refractivity contribution is -0.110. The molecule has 0 bridgehead atoms. The van der Waals surface area contributed by atoms with E-state index in [1.807, 2.05) is 0 Å². The van der Waals surface area contributed by atoms with Crippen LogP contribution in [0.3, 0.4) is 0 Å². The molecule has 4 nitrogen and oxygen atoms in total. The molecule has 0 amide bonds. The molecule has 0 saturated heterocycles. The van der Waals surface area contributed by atoms with Crippen LogP contribution in [0.4, 0.5) is 0 Å². The van der Waals surface area contributed by atoms with Crippen molar-refractivity contribution in [2.75, 3.05) is 6.61 Å². The van der Waals surface area contributed by atoms with Gasteiger partial charge in [0.15, 0.2) is 4.69 Å². The van der Waals surface area contributed by atoms with Crippen LogP contribution < -0.4 is 0 Å². The average Bonchev–Trinajstić information content (AvgIpc) is 1.63. The second-order valence-electron chi connectivity index (χ2n) is 1.13. The van der Waals surface area contributed by atoms with Gasteiger partial charge in [0.1, 0.15) is 0 Å². The molecule has 1 atom stereocenters. The van der Waals surface area contributed by atoms with Crippen LogP contribution in [-0.2, 0) is 20.3 Å². The first-order chi connectivity index (χ1) is 4.13. The van der Waals surface area contributed by atoms with Crippen molar-refractivity contribution in [2.45, 2.75) is 6.42 Å². The molecule has 0 aliphatic heterocycles. The third-order valence-corrected chi connectivity index (χ3v) is 1.23. The maximum atomic E-state index is 10.1. The summed E-state index contributed by atoms with van der Waals surface area (Å²) in [4.78, 5) is 10.1. The Morgan fingerprint density at radius 1 is 1.78 bits per heavy atom. The summed E-state index contributed by atoms with van der Waals surface area (Å²) >= 11 is 0.0995. The van der Waals surface area contributed by atoms with Crippen LogP contribution in [0, 0.1) is 0 Å². The lowest BCUT2D eigenvalue weighted by atomic mass is 10.5. The van der Waals surface area contributed by atoms with E-state index in [-0.39, 0.29) is 17.7 Å². The monoisotopic (exact) mass is 215 g/mol. The zero-order chi connectivity index (χ0) is 7.28. The molecular formula is C3H4BrO4S-. The molecule has 0 spiro atoms. The van der Waals surface area contributed by atoms with Crippen LogP contribution in [0.2, 0.25) is 0 Å². The van der Waals surface area contributed by atoms with Crippen molar-refractivity contribution in [3.8, 4) is 0 Å². The molecular weight excluding hydrogens is 212 g/mol. The number of hydrogen-bond donors (Lipinski definition) is 0. The van der Waals surface area contributed by atoms with Crippen LogP contribution in [0.25, 0.3) is 0 Å². The molecule has 0 aliphatic rings. The largest absolute Gasteiger partial charge is 0.750 e. The minimum Gasteiger partial charge on any atom is -0.750 e. The Morgan fingerprint density at radius 3 is 2.67 bits per heavy atom. The average molecular weight is 216 g/mol. The number of hydrogen-bond acceptors (Lipinski definition) is 4. The van der Waals surface area contributed by atoms with Gasteiger partial charge in [0.2, 0.25) is 0 Å². The van der Waals surface area contributed by atoms with Crippen LogP contribution in [0.5, 0.6) is 0 Å². The van der Waals surface area contributed by atoms with Crippen molar-refractivity contribution in [3.05, 3.63) is 0 Å². The molecule has 0 aromatic heterocycles. The summed E-state index contributed by atoms with van der Waals surface area (Å²) in [6, 6.07) is 0. The summed E-state index contributed by atoms with van der Waals surface area (Å²) < 4.78 is 23.0. The van der Waals surface area contributed by atoms with E-state index < -0.39 is 11.4 Å². The van der Waals surface area contributed by atoms with Gasteiger partial charge >= 0.3 is 0 Å². The molecule has 0 aromatic carbocycles. The third-order valence-electron chi connectivity index (χ3n) is 0.478. The first-order valence-electron chi connectivity index (χ1n) is 2.04. The minimum absolute atomic E-state index is 0.0635. The van der Waals surface area contributed by atoms with E-state index in [2.05, 4.69) is 20.1 Å². The van der Waals surface area contributed by atoms with Crippen molar-refractivity contribution in [3.63, 3.8) is 0 Å². The molecule has 9 heavy (non-hydrogen) atoms. The van der Waals surface area contributed by atoms with Crippen molar-refractivity contribution in [1.29, 1.82) is 0 Å². The lowest BCUT2D eigenvalue weighted by Gasteiger charge is -2.01. The highest BCUT2D eigenvalue weighted by Crippen LogP contribution is 1.92. The van der Waals surface area contributed by atoms with E-state index in [1.54, 1.807) is 0 Å². The Morgan fingerprint density at radius 2 is 2.33 bits per heavy atom. The quantitative estimate of drug-likeness (QED) is 0.494. The maximum absolute atomic E-state index is 10.1. The number of halogens is 1. The van der Waals surface area contributed by atoms with Crippen LogP contribution in [0.1, 0.15) is 6.42 Å². The van der Waals surface area contributed by atoms with Gasteiger partial charge in [-0.1, -0.05) is 0 Å². The second kappa shape index (κ2) is 5.04. The van der Waals surface area contributed by atoms with E-state index >= 15 is 0 Å². The number of carbonyl (C=O) groups is 1.